The van der Waals surface area contributed by atoms with Gasteiger partial charge < -0.3 is 10.6 Å². The highest BCUT2D eigenvalue weighted by atomic mass is 16.2. The van der Waals surface area contributed by atoms with E-state index in [1.807, 2.05) is 6.92 Å². The first kappa shape index (κ1) is 13.5. The highest BCUT2D eigenvalue weighted by molar-refractivity contribution is 5.77. The standard InChI is InChI=1S/C12H25N3O/c1-3-7-14-11-5-8-15(9-6-11)10-12(16)13-4-2/h11,14H,3-10H2,1-2H3,(H,13,16). The molecule has 0 radical (unpaired) electrons. The third-order valence-electron chi connectivity index (χ3n) is 3.01. The molecule has 0 aromatic rings. The molecule has 1 saturated heterocycles. The highest BCUT2D eigenvalue weighted by Gasteiger charge is 2.19. The van der Waals surface area contributed by atoms with Gasteiger partial charge in [0.15, 0.2) is 0 Å². The highest BCUT2D eigenvalue weighted by Crippen LogP contribution is 2.09. The van der Waals surface area contributed by atoms with Gasteiger partial charge in [0.1, 0.15) is 0 Å². The fourth-order valence-corrected chi connectivity index (χ4v) is 2.10. The molecule has 1 amide bonds. The van der Waals surface area contributed by atoms with Crippen LogP contribution in [0.2, 0.25) is 0 Å². The molecular formula is C12H25N3O. The van der Waals surface area contributed by atoms with Crippen molar-refractivity contribution < 1.29 is 4.79 Å². The lowest BCUT2D eigenvalue weighted by atomic mass is 10.1. The number of rotatable bonds is 6. The maximum absolute atomic E-state index is 11.4. The predicted molar refractivity (Wildman–Crippen MR) is 66.4 cm³/mol. The molecular weight excluding hydrogens is 202 g/mol. The average molecular weight is 227 g/mol. The van der Waals surface area contributed by atoms with E-state index < -0.39 is 0 Å². The minimum absolute atomic E-state index is 0.155. The first-order valence-electron chi connectivity index (χ1n) is 6.48. The summed E-state index contributed by atoms with van der Waals surface area (Å²) in [7, 11) is 0. The monoisotopic (exact) mass is 227 g/mol. The second-order valence-electron chi connectivity index (χ2n) is 4.46. The number of hydrogen-bond acceptors (Lipinski definition) is 3. The lowest BCUT2D eigenvalue weighted by Crippen LogP contribution is -2.46. The minimum Gasteiger partial charge on any atom is -0.355 e. The van der Waals surface area contributed by atoms with E-state index in [0.717, 1.165) is 26.2 Å². The summed E-state index contributed by atoms with van der Waals surface area (Å²) in [6.07, 6.45) is 3.53. The van der Waals surface area contributed by atoms with Gasteiger partial charge in [0.2, 0.25) is 5.91 Å². The van der Waals surface area contributed by atoms with Gasteiger partial charge in [-0.15, -0.1) is 0 Å². The van der Waals surface area contributed by atoms with E-state index in [4.69, 9.17) is 0 Å². The van der Waals surface area contributed by atoms with Gasteiger partial charge in [-0.1, -0.05) is 6.92 Å². The Morgan fingerprint density at radius 2 is 2.00 bits per heavy atom. The van der Waals surface area contributed by atoms with Crippen molar-refractivity contribution in [3.05, 3.63) is 0 Å². The second-order valence-corrected chi connectivity index (χ2v) is 4.46. The lowest BCUT2D eigenvalue weighted by Gasteiger charge is -2.31. The van der Waals surface area contributed by atoms with E-state index >= 15 is 0 Å². The fourth-order valence-electron chi connectivity index (χ4n) is 2.10. The maximum atomic E-state index is 11.4. The summed E-state index contributed by atoms with van der Waals surface area (Å²) < 4.78 is 0. The van der Waals surface area contributed by atoms with Crippen LogP contribution in [0.1, 0.15) is 33.1 Å². The largest absolute Gasteiger partial charge is 0.355 e. The number of nitrogens with zero attached hydrogens (tertiary/aromatic N) is 1. The van der Waals surface area contributed by atoms with Crippen molar-refractivity contribution in [2.24, 2.45) is 0 Å². The van der Waals surface area contributed by atoms with Crippen molar-refractivity contribution in [3.8, 4) is 0 Å². The van der Waals surface area contributed by atoms with Crippen LogP contribution >= 0.6 is 0 Å². The predicted octanol–water partition coefficient (Wildman–Crippen LogP) is 0.587. The van der Waals surface area contributed by atoms with E-state index in [1.54, 1.807) is 0 Å². The summed E-state index contributed by atoms with van der Waals surface area (Å²) in [6, 6.07) is 0.658. The lowest BCUT2D eigenvalue weighted by molar-refractivity contribution is -0.122. The van der Waals surface area contributed by atoms with Gasteiger partial charge in [-0.05, 0) is 32.7 Å². The number of piperidine rings is 1. The molecule has 0 aromatic heterocycles. The van der Waals surface area contributed by atoms with E-state index in [2.05, 4.69) is 22.5 Å². The van der Waals surface area contributed by atoms with Crippen LogP contribution in [0.25, 0.3) is 0 Å². The van der Waals surface area contributed by atoms with Crippen LogP contribution in [0.15, 0.2) is 0 Å². The van der Waals surface area contributed by atoms with Crippen LogP contribution in [0.4, 0.5) is 0 Å². The Balaban J connectivity index is 2.14. The van der Waals surface area contributed by atoms with Crippen molar-refractivity contribution >= 4 is 5.91 Å². The Bertz CT molecular complexity index is 200. The van der Waals surface area contributed by atoms with Crippen LogP contribution < -0.4 is 10.6 Å². The molecule has 1 aliphatic rings. The quantitative estimate of drug-likeness (QED) is 0.698. The molecule has 1 aliphatic heterocycles. The molecule has 0 unspecified atom stereocenters. The molecule has 4 nitrogen and oxygen atoms in total. The molecule has 0 aliphatic carbocycles. The smallest absolute Gasteiger partial charge is 0.234 e. The Labute approximate surface area is 98.8 Å². The van der Waals surface area contributed by atoms with Gasteiger partial charge in [0, 0.05) is 25.7 Å². The molecule has 0 aromatic carbocycles. The van der Waals surface area contributed by atoms with Gasteiger partial charge >= 0.3 is 0 Å². The first-order chi connectivity index (χ1) is 7.76. The SMILES string of the molecule is CCCNC1CCN(CC(=O)NCC)CC1. The summed E-state index contributed by atoms with van der Waals surface area (Å²) >= 11 is 0. The first-order valence-corrected chi connectivity index (χ1v) is 6.48. The number of carbonyl (C=O) groups excluding carboxylic acids is 1. The van der Waals surface area contributed by atoms with Crippen molar-refractivity contribution in [1.82, 2.24) is 15.5 Å². The summed E-state index contributed by atoms with van der Waals surface area (Å²) in [5.74, 6) is 0.155. The summed E-state index contributed by atoms with van der Waals surface area (Å²) in [5.41, 5.74) is 0. The van der Waals surface area contributed by atoms with E-state index in [-0.39, 0.29) is 5.91 Å². The van der Waals surface area contributed by atoms with Crippen LogP contribution in [-0.2, 0) is 4.79 Å². The van der Waals surface area contributed by atoms with Gasteiger partial charge in [0.25, 0.3) is 0 Å². The van der Waals surface area contributed by atoms with Gasteiger partial charge in [-0.2, -0.15) is 0 Å². The van der Waals surface area contributed by atoms with Gasteiger partial charge in [0.05, 0.1) is 6.54 Å². The minimum atomic E-state index is 0.155. The number of amides is 1. The second kappa shape index (κ2) is 7.63. The third-order valence-corrected chi connectivity index (χ3v) is 3.01. The summed E-state index contributed by atoms with van der Waals surface area (Å²) in [5, 5.41) is 6.39. The molecule has 1 rings (SSSR count). The normalized spacial score (nSPS) is 18.6. The number of carbonyl (C=O) groups is 1. The van der Waals surface area contributed by atoms with Gasteiger partial charge in [-0.3, -0.25) is 9.69 Å². The zero-order valence-corrected chi connectivity index (χ0v) is 10.6. The average Bonchev–Trinajstić information content (AvgIpc) is 2.28. The third kappa shape index (κ3) is 4.94. The van der Waals surface area contributed by atoms with Crippen molar-refractivity contribution in [3.63, 3.8) is 0 Å². The number of likely N-dealkylation sites (N-methyl/N-ethyl adjacent to an activating group) is 1. The Hall–Kier alpha value is -0.610. The number of hydrogen-bond donors (Lipinski definition) is 2. The van der Waals surface area contributed by atoms with E-state index in [1.165, 1.54) is 19.3 Å². The van der Waals surface area contributed by atoms with Gasteiger partial charge in [-0.25, -0.2) is 0 Å². The fraction of sp³-hybridized carbons (Fsp3) is 0.917. The molecule has 0 bridgehead atoms. The molecule has 0 spiro atoms. The molecule has 0 atom stereocenters. The zero-order valence-electron chi connectivity index (χ0n) is 10.6. The number of nitrogens with one attached hydrogen (secondary N) is 2. The molecule has 1 heterocycles. The van der Waals surface area contributed by atoms with Crippen molar-refractivity contribution in [2.75, 3.05) is 32.7 Å². The maximum Gasteiger partial charge on any atom is 0.234 e. The molecule has 16 heavy (non-hydrogen) atoms. The Kier molecular flexibility index (Phi) is 6.42. The Morgan fingerprint density at radius 3 is 2.56 bits per heavy atom. The van der Waals surface area contributed by atoms with Crippen LogP contribution in [-0.4, -0.2) is 49.6 Å². The summed E-state index contributed by atoms with van der Waals surface area (Å²) in [6.45, 7) is 8.63. The number of likely N-dealkylation sites (tertiary alicyclic amines) is 1. The van der Waals surface area contributed by atoms with Crippen LogP contribution in [0, 0.1) is 0 Å². The zero-order chi connectivity index (χ0) is 11.8. The van der Waals surface area contributed by atoms with E-state index in [0.29, 0.717) is 12.6 Å². The van der Waals surface area contributed by atoms with E-state index in [9.17, 15) is 4.79 Å². The molecule has 4 heteroatoms. The molecule has 94 valence electrons. The molecule has 2 N–H and O–H groups in total. The topological polar surface area (TPSA) is 44.4 Å². The summed E-state index contributed by atoms with van der Waals surface area (Å²) in [4.78, 5) is 13.6. The van der Waals surface area contributed by atoms with Crippen molar-refractivity contribution in [1.29, 1.82) is 0 Å². The Morgan fingerprint density at radius 1 is 1.31 bits per heavy atom. The van der Waals surface area contributed by atoms with Crippen molar-refractivity contribution in [2.45, 2.75) is 39.2 Å². The van der Waals surface area contributed by atoms with Crippen LogP contribution in [0.3, 0.4) is 0 Å². The molecule has 0 saturated carbocycles. The molecule has 1 fully saturated rings. The van der Waals surface area contributed by atoms with Crippen LogP contribution in [0.5, 0.6) is 0 Å².